The van der Waals surface area contributed by atoms with Gasteiger partial charge in [0.05, 0.1) is 30.9 Å². The van der Waals surface area contributed by atoms with Crippen molar-refractivity contribution < 1.29 is 34.3 Å². The molecule has 3 unspecified atom stereocenters. The molecule has 1 aliphatic heterocycles. The highest BCUT2D eigenvalue weighted by molar-refractivity contribution is 5.79. The normalized spacial score (nSPS) is 30.3. The Bertz CT molecular complexity index is 1010. The molecule has 1 aliphatic carbocycles. The number of aliphatic hydroxyl groups excluding tert-OH is 4. The summed E-state index contributed by atoms with van der Waals surface area (Å²) in [6.45, 7) is -0.865. The smallest absolute Gasteiger partial charge is 0.222 e. The summed E-state index contributed by atoms with van der Waals surface area (Å²) in [4.78, 5) is 20.7. The zero-order chi connectivity index (χ0) is 23.7. The van der Waals surface area contributed by atoms with E-state index in [4.69, 9.17) is 10.5 Å². The van der Waals surface area contributed by atoms with Crippen LogP contribution in [-0.4, -0.2) is 73.9 Å². The molecule has 1 aromatic heterocycles. The summed E-state index contributed by atoms with van der Waals surface area (Å²) in [6.07, 6.45) is -2.74. The first kappa shape index (κ1) is 23.3. The molecule has 2 aliphatic rings. The first-order valence-corrected chi connectivity index (χ1v) is 10.7. The van der Waals surface area contributed by atoms with Gasteiger partial charge in [-0.2, -0.15) is 0 Å². The number of halogens is 1. The van der Waals surface area contributed by atoms with Crippen molar-refractivity contribution in [2.24, 2.45) is 23.5 Å². The molecule has 178 valence electrons. The topological polar surface area (TPSA) is 171 Å². The summed E-state index contributed by atoms with van der Waals surface area (Å²) in [5, 5.41) is 44.3. The van der Waals surface area contributed by atoms with Gasteiger partial charge in [0.15, 0.2) is 11.6 Å². The third-order valence-corrected chi connectivity index (χ3v) is 6.48. The SMILES string of the molecule is NC(=O)[C@H]1C([C@@H](O)CO)CC2C(O)[C@H](O)COc3cccc(c3)Cc3ncc(F)c(n3)N[C@H]21. The number of hydrogen-bond donors (Lipinski definition) is 6. The van der Waals surface area contributed by atoms with E-state index in [0.717, 1.165) is 11.8 Å². The molecule has 2 heterocycles. The zero-order valence-corrected chi connectivity index (χ0v) is 17.7. The fourth-order valence-corrected chi connectivity index (χ4v) is 4.85. The number of carbonyl (C=O) groups is 1. The van der Waals surface area contributed by atoms with E-state index in [9.17, 15) is 29.6 Å². The monoisotopic (exact) mass is 462 g/mol. The fourth-order valence-electron chi connectivity index (χ4n) is 4.85. The number of fused-ring (bicyclic) bond motifs is 5. The summed E-state index contributed by atoms with van der Waals surface area (Å²) in [6, 6.07) is 6.03. The number of benzene rings is 1. The van der Waals surface area contributed by atoms with Gasteiger partial charge in [-0.1, -0.05) is 12.1 Å². The molecule has 1 aromatic carbocycles. The summed E-state index contributed by atoms with van der Waals surface area (Å²) < 4.78 is 20.3. The van der Waals surface area contributed by atoms with Crippen molar-refractivity contribution in [3.8, 4) is 5.75 Å². The Morgan fingerprint density at radius 3 is 2.88 bits per heavy atom. The van der Waals surface area contributed by atoms with E-state index in [0.29, 0.717) is 11.6 Å². The number of nitrogens with one attached hydrogen (secondary N) is 1. The maximum absolute atomic E-state index is 14.6. The third-order valence-electron chi connectivity index (χ3n) is 6.48. The average molecular weight is 462 g/mol. The molecule has 1 amide bonds. The van der Waals surface area contributed by atoms with Crippen molar-refractivity contribution in [1.29, 1.82) is 0 Å². The van der Waals surface area contributed by atoms with E-state index in [-0.39, 0.29) is 25.3 Å². The summed E-state index contributed by atoms with van der Waals surface area (Å²) >= 11 is 0. The second-order valence-electron chi connectivity index (χ2n) is 8.59. The van der Waals surface area contributed by atoms with Crippen LogP contribution < -0.4 is 15.8 Å². The second-order valence-corrected chi connectivity index (χ2v) is 8.59. The van der Waals surface area contributed by atoms with Crippen molar-refractivity contribution in [1.82, 2.24) is 9.97 Å². The number of primary amides is 1. The molecule has 11 heteroatoms. The van der Waals surface area contributed by atoms with Crippen molar-refractivity contribution in [3.63, 3.8) is 0 Å². The van der Waals surface area contributed by atoms with Crippen LogP contribution in [0.3, 0.4) is 0 Å². The Kier molecular flexibility index (Phi) is 6.75. The van der Waals surface area contributed by atoms with Gasteiger partial charge < -0.3 is 36.2 Å². The van der Waals surface area contributed by atoms with Crippen molar-refractivity contribution >= 4 is 11.7 Å². The molecule has 0 spiro atoms. The van der Waals surface area contributed by atoms with Crippen LogP contribution in [0, 0.1) is 23.6 Å². The molecule has 33 heavy (non-hydrogen) atoms. The van der Waals surface area contributed by atoms with Gasteiger partial charge in [0, 0.05) is 24.3 Å². The molecule has 7 N–H and O–H groups in total. The van der Waals surface area contributed by atoms with Gasteiger partial charge in [-0.05, 0) is 24.1 Å². The maximum atomic E-state index is 14.6. The van der Waals surface area contributed by atoms with Gasteiger partial charge in [0.25, 0.3) is 0 Å². The van der Waals surface area contributed by atoms with Crippen LogP contribution >= 0.6 is 0 Å². The summed E-state index contributed by atoms with van der Waals surface area (Å²) in [5.74, 6) is -3.71. The number of rotatable bonds is 3. The lowest BCUT2D eigenvalue weighted by Crippen LogP contribution is -2.48. The van der Waals surface area contributed by atoms with Crippen molar-refractivity contribution in [2.75, 3.05) is 18.5 Å². The fraction of sp³-hybridized carbons (Fsp3) is 0.500. The zero-order valence-electron chi connectivity index (χ0n) is 17.7. The Morgan fingerprint density at radius 1 is 1.36 bits per heavy atom. The largest absolute Gasteiger partial charge is 0.491 e. The minimum atomic E-state index is -1.41. The van der Waals surface area contributed by atoms with Crippen LogP contribution in [0.25, 0.3) is 0 Å². The number of amides is 1. The summed E-state index contributed by atoms with van der Waals surface area (Å²) in [5.41, 5.74) is 6.41. The van der Waals surface area contributed by atoms with E-state index in [1.165, 1.54) is 0 Å². The Hall–Kier alpha value is -2.86. The van der Waals surface area contributed by atoms with Crippen LogP contribution in [0.2, 0.25) is 0 Å². The van der Waals surface area contributed by atoms with E-state index in [1.54, 1.807) is 18.2 Å². The van der Waals surface area contributed by atoms with Gasteiger partial charge in [-0.3, -0.25) is 4.79 Å². The molecule has 4 rings (SSSR count). The average Bonchev–Trinajstić information content (AvgIpc) is 3.17. The van der Waals surface area contributed by atoms with Gasteiger partial charge in [-0.15, -0.1) is 0 Å². The van der Waals surface area contributed by atoms with Crippen LogP contribution in [-0.2, 0) is 11.2 Å². The predicted octanol–water partition coefficient (Wildman–Crippen LogP) is -0.808. The predicted molar refractivity (Wildman–Crippen MR) is 114 cm³/mol. The highest BCUT2D eigenvalue weighted by Gasteiger charge is 2.52. The van der Waals surface area contributed by atoms with Crippen LogP contribution in [0.5, 0.6) is 5.75 Å². The standard InChI is InChI=1S/C22H27FN4O6/c23-14-7-25-17-5-10-2-1-3-11(4-10)33-9-16(30)20(31)13-6-12(15(29)8-28)18(21(24)32)19(13)27-22(14)26-17/h1-4,7,12-13,15-16,18-20,28-31H,5-6,8-9H2,(H2,24,32)(H,25,26,27)/t12?,13?,15-,16+,18-,19+,20?/m0/s1. The van der Waals surface area contributed by atoms with Crippen LogP contribution in [0.1, 0.15) is 17.8 Å². The number of anilines is 1. The quantitative estimate of drug-likeness (QED) is 0.341. The van der Waals surface area contributed by atoms with E-state index in [1.807, 2.05) is 6.07 Å². The number of aliphatic hydroxyl groups is 4. The first-order valence-electron chi connectivity index (χ1n) is 10.7. The lowest BCUT2D eigenvalue weighted by Gasteiger charge is -2.31. The van der Waals surface area contributed by atoms with E-state index >= 15 is 0 Å². The highest BCUT2D eigenvalue weighted by Crippen LogP contribution is 2.43. The van der Waals surface area contributed by atoms with Gasteiger partial charge in [0.1, 0.15) is 24.3 Å². The molecular formula is C22H27FN4O6. The number of aromatic nitrogens is 2. The Morgan fingerprint density at radius 2 is 2.15 bits per heavy atom. The molecule has 4 bridgehead atoms. The van der Waals surface area contributed by atoms with Crippen LogP contribution in [0.15, 0.2) is 30.5 Å². The molecule has 1 saturated carbocycles. The van der Waals surface area contributed by atoms with E-state index in [2.05, 4.69) is 15.3 Å². The van der Waals surface area contributed by atoms with Gasteiger partial charge in [0.2, 0.25) is 5.91 Å². The van der Waals surface area contributed by atoms with E-state index < -0.39 is 60.4 Å². The first-order chi connectivity index (χ1) is 15.8. The molecular weight excluding hydrogens is 435 g/mol. The molecule has 1 fully saturated rings. The second kappa shape index (κ2) is 9.56. The highest BCUT2D eigenvalue weighted by atomic mass is 19.1. The molecule has 7 atom stereocenters. The number of nitrogens with two attached hydrogens (primary N) is 1. The molecule has 10 nitrogen and oxygen atoms in total. The van der Waals surface area contributed by atoms with Crippen molar-refractivity contribution in [2.45, 2.75) is 37.2 Å². The van der Waals surface area contributed by atoms with Gasteiger partial charge in [-0.25, -0.2) is 14.4 Å². The maximum Gasteiger partial charge on any atom is 0.222 e. The lowest BCUT2D eigenvalue weighted by molar-refractivity contribution is -0.125. The number of carbonyl (C=O) groups excluding carboxylic acids is 1. The number of hydrogen-bond acceptors (Lipinski definition) is 9. The minimum Gasteiger partial charge on any atom is -0.491 e. The van der Waals surface area contributed by atoms with Crippen molar-refractivity contribution in [3.05, 3.63) is 47.7 Å². The third kappa shape index (κ3) is 4.76. The molecule has 0 radical (unpaired) electrons. The number of ether oxygens (including phenoxy) is 1. The minimum absolute atomic E-state index is 0.0419. The van der Waals surface area contributed by atoms with Gasteiger partial charge >= 0.3 is 0 Å². The van der Waals surface area contributed by atoms with Crippen LogP contribution in [0.4, 0.5) is 10.2 Å². The Balaban J connectivity index is 1.78. The lowest BCUT2D eigenvalue weighted by atomic mass is 9.87. The number of nitrogens with zero attached hydrogens (tertiary/aromatic N) is 2. The summed E-state index contributed by atoms with van der Waals surface area (Å²) in [7, 11) is 0. The molecule has 0 saturated heterocycles. The molecule has 2 aromatic rings. The Labute approximate surface area is 189 Å².